The zero-order chi connectivity index (χ0) is 13.2. The first kappa shape index (κ1) is 12.7. The van der Waals surface area contributed by atoms with E-state index in [4.69, 9.17) is 5.73 Å². The van der Waals surface area contributed by atoms with Gasteiger partial charge in [0.1, 0.15) is 5.82 Å². The minimum atomic E-state index is 0.384. The second kappa shape index (κ2) is 5.35. The van der Waals surface area contributed by atoms with E-state index in [1.54, 1.807) is 6.20 Å². The Balaban J connectivity index is 1.66. The molecule has 1 aromatic carbocycles. The van der Waals surface area contributed by atoms with Crippen molar-refractivity contribution in [1.82, 2.24) is 14.7 Å². The van der Waals surface area contributed by atoms with Crippen LogP contribution in [-0.2, 0) is 6.54 Å². The van der Waals surface area contributed by atoms with Crippen LogP contribution in [0.1, 0.15) is 18.0 Å². The van der Waals surface area contributed by atoms with Gasteiger partial charge in [-0.05, 0) is 27.9 Å². The van der Waals surface area contributed by atoms with E-state index in [0.717, 1.165) is 36.3 Å². The number of hydrogen-bond donors (Lipinski definition) is 1. The minimum Gasteiger partial charge on any atom is -0.383 e. The average molecular weight is 321 g/mol. The second-order valence-corrected chi connectivity index (χ2v) is 5.84. The molecule has 19 heavy (non-hydrogen) atoms. The molecule has 100 valence electrons. The van der Waals surface area contributed by atoms with Crippen LogP contribution in [0.3, 0.4) is 0 Å². The van der Waals surface area contributed by atoms with E-state index in [2.05, 4.69) is 56.3 Å². The maximum Gasteiger partial charge on any atom is 0.136 e. The van der Waals surface area contributed by atoms with E-state index in [9.17, 15) is 0 Å². The predicted molar refractivity (Wildman–Crippen MR) is 79.7 cm³/mol. The lowest BCUT2D eigenvalue weighted by Gasteiger charge is -2.16. The predicted octanol–water partition coefficient (Wildman–Crippen LogP) is 2.67. The molecule has 0 amide bonds. The van der Waals surface area contributed by atoms with Crippen LogP contribution in [0.2, 0.25) is 0 Å². The third-order valence-corrected chi connectivity index (χ3v) is 4.24. The van der Waals surface area contributed by atoms with E-state index < -0.39 is 0 Å². The van der Waals surface area contributed by atoms with Crippen LogP contribution < -0.4 is 5.73 Å². The molecule has 0 saturated carbocycles. The van der Waals surface area contributed by atoms with Crippen molar-refractivity contribution in [2.75, 3.05) is 18.8 Å². The number of nitrogens with two attached hydrogens (primary N) is 1. The molecule has 1 atom stereocenters. The van der Waals surface area contributed by atoms with Crippen LogP contribution in [0.4, 0.5) is 5.82 Å². The fourth-order valence-electron chi connectivity index (χ4n) is 2.64. The second-order valence-electron chi connectivity index (χ2n) is 4.99. The summed E-state index contributed by atoms with van der Waals surface area (Å²) in [5.41, 5.74) is 7.37. The highest BCUT2D eigenvalue weighted by atomic mass is 79.9. The number of nitrogens with zero attached hydrogens (tertiary/aromatic N) is 3. The van der Waals surface area contributed by atoms with E-state index in [1.165, 1.54) is 5.56 Å². The Morgan fingerprint density at radius 2 is 2.11 bits per heavy atom. The number of anilines is 1. The maximum atomic E-state index is 6.02. The van der Waals surface area contributed by atoms with Crippen molar-refractivity contribution in [3.05, 3.63) is 46.6 Å². The molecular weight excluding hydrogens is 304 g/mol. The number of rotatable bonds is 3. The highest BCUT2D eigenvalue weighted by Gasteiger charge is 2.26. The number of nitrogen functional groups attached to an aromatic ring is 1. The number of aromatic nitrogens is 2. The molecule has 1 aliphatic heterocycles. The zero-order valence-corrected chi connectivity index (χ0v) is 12.3. The van der Waals surface area contributed by atoms with Gasteiger partial charge in [0, 0.05) is 19.6 Å². The summed E-state index contributed by atoms with van der Waals surface area (Å²) >= 11 is 3.41. The Hall–Kier alpha value is -1.33. The van der Waals surface area contributed by atoms with Crippen molar-refractivity contribution in [1.29, 1.82) is 0 Å². The lowest BCUT2D eigenvalue weighted by atomic mass is 10.2. The van der Waals surface area contributed by atoms with Gasteiger partial charge in [-0.3, -0.25) is 4.90 Å². The number of benzene rings is 1. The molecule has 1 unspecified atom stereocenters. The lowest BCUT2D eigenvalue weighted by molar-refractivity contribution is 0.312. The van der Waals surface area contributed by atoms with Crippen molar-refractivity contribution in [3.8, 4) is 0 Å². The fraction of sp³-hybridized carbons (Fsp3) is 0.357. The summed E-state index contributed by atoms with van der Waals surface area (Å²) in [5, 5.41) is 4.36. The molecule has 1 saturated heterocycles. The average Bonchev–Trinajstić information content (AvgIpc) is 3.00. The maximum absolute atomic E-state index is 6.02. The summed E-state index contributed by atoms with van der Waals surface area (Å²) in [6, 6.07) is 11.0. The van der Waals surface area contributed by atoms with E-state index in [-0.39, 0.29) is 0 Å². The van der Waals surface area contributed by atoms with E-state index in [1.807, 2.05) is 4.68 Å². The molecule has 0 aliphatic carbocycles. The first-order chi connectivity index (χ1) is 9.24. The number of likely N-dealkylation sites (tertiary alicyclic amines) is 1. The zero-order valence-electron chi connectivity index (χ0n) is 10.7. The van der Waals surface area contributed by atoms with Crippen LogP contribution in [0.5, 0.6) is 0 Å². The van der Waals surface area contributed by atoms with Crippen molar-refractivity contribution in [3.63, 3.8) is 0 Å². The smallest absolute Gasteiger partial charge is 0.136 e. The van der Waals surface area contributed by atoms with Gasteiger partial charge in [-0.1, -0.05) is 30.3 Å². The highest BCUT2D eigenvalue weighted by molar-refractivity contribution is 9.10. The Kier molecular flexibility index (Phi) is 3.57. The van der Waals surface area contributed by atoms with Crippen LogP contribution in [-0.4, -0.2) is 27.8 Å². The first-order valence-corrected chi connectivity index (χ1v) is 7.28. The Labute approximate surface area is 121 Å². The van der Waals surface area contributed by atoms with Crippen molar-refractivity contribution >= 4 is 21.7 Å². The summed E-state index contributed by atoms with van der Waals surface area (Å²) in [5.74, 6) is 0.728. The van der Waals surface area contributed by atoms with Gasteiger partial charge in [-0.2, -0.15) is 5.10 Å². The van der Waals surface area contributed by atoms with Gasteiger partial charge in [0.05, 0.1) is 16.7 Å². The topological polar surface area (TPSA) is 47.1 Å². The molecule has 0 radical (unpaired) electrons. The summed E-state index contributed by atoms with van der Waals surface area (Å²) in [6.07, 6.45) is 2.88. The van der Waals surface area contributed by atoms with Gasteiger partial charge in [-0.25, -0.2) is 4.68 Å². The quantitative estimate of drug-likeness (QED) is 0.945. The van der Waals surface area contributed by atoms with Gasteiger partial charge in [0.2, 0.25) is 0 Å². The summed E-state index contributed by atoms with van der Waals surface area (Å²) in [7, 11) is 0. The van der Waals surface area contributed by atoms with Crippen LogP contribution in [0.15, 0.2) is 41.0 Å². The molecule has 0 spiro atoms. The SMILES string of the molecule is Nc1c(Br)cnn1C1CCN(Cc2ccccc2)C1. The molecule has 1 aliphatic rings. The van der Waals surface area contributed by atoms with Gasteiger partial charge in [-0.15, -0.1) is 0 Å². The largest absolute Gasteiger partial charge is 0.383 e. The van der Waals surface area contributed by atoms with Crippen LogP contribution in [0, 0.1) is 0 Å². The molecule has 2 heterocycles. The van der Waals surface area contributed by atoms with Crippen molar-refractivity contribution < 1.29 is 0 Å². The number of hydrogen-bond acceptors (Lipinski definition) is 3. The van der Waals surface area contributed by atoms with Crippen LogP contribution >= 0.6 is 15.9 Å². The Morgan fingerprint density at radius 3 is 2.79 bits per heavy atom. The van der Waals surface area contributed by atoms with Crippen molar-refractivity contribution in [2.24, 2.45) is 0 Å². The molecule has 4 nitrogen and oxygen atoms in total. The summed E-state index contributed by atoms with van der Waals surface area (Å²) in [6.45, 7) is 3.10. The Bertz CT molecular complexity index is 552. The van der Waals surface area contributed by atoms with Crippen LogP contribution in [0.25, 0.3) is 0 Å². The number of halogens is 1. The van der Waals surface area contributed by atoms with Gasteiger partial charge >= 0.3 is 0 Å². The first-order valence-electron chi connectivity index (χ1n) is 6.49. The van der Waals surface area contributed by atoms with Gasteiger partial charge in [0.15, 0.2) is 0 Å². The lowest BCUT2D eigenvalue weighted by Crippen LogP contribution is -2.22. The molecule has 2 aromatic rings. The molecule has 3 rings (SSSR count). The fourth-order valence-corrected chi connectivity index (χ4v) is 2.91. The molecule has 0 bridgehead atoms. The highest BCUT2D eigenvalue weighted by Crippen LogP contribution is 2.28. The third-order valence-electron chi connectivity index (χ3n) is 3.63. The summed E-state index contributed by atoms with van der Waals surface area (Å²) < 4.78 is 2.82. The van der Waals surface area contributed by atoms with Gasteiger partial charge in [0.25, 0.3) is 0 Å². The summed E-state index contributed by atoms with van der Waals surface area (Å²) in [4.78, 5) is 2.45. The molecule has 5 heteroatoms. The molecule has 2 N–H and O–H groups in total. The monoisotopic (exact) mass is 320 g/mol. The van der Waals surface area contributed by atoms with Crippen molar-refractivity contribution in [2.45, 2.75) is 19.0 Å². The standard InChI is InChI=1S/C14H17BrN4/c15-13-8-17-19(14(13)16)12-6-7-18(10-12)9-11-4-2-1-3-5-11/h1-5,8,12H,6-7,9-10,16H2. The third kappa shape index (κ3) is 2.67. The van der Waals surface area contributed by atoms with E-state index in [0.29, 0.717) is 6.04 Å². The molecule has 1 fully saturated rings. The van der Waals surface area contributed by atoms with E-state index >= 15 is 0 Å². The molecular formula is C14H17BrN4. The normalized spacial score (nSPS) is 19.9. The van der Waals surface area contributed by atoms with Gasteiger partial charge < -0.3 is 5.73 Å². The Morgan fingerprint density at radius 1 is 1.32 bits per heavy atom. The molecule has 1 aromatic heterocycles. The minimum absolute atomic E-state index is 0.384.